The van der Waals surface area contributed by atoms with Crippen molar-refractivity contribution in [2.45, 2.75) is 6.18 Å². The molecule has 4 rings (SSSR count). The highest BCUT2D eigenvalue weighted by molar-refractivity contribution is 8.27. The van der Waals surface area contributed by atoms with E-state index in [0.29, 0.717) is 5.69 Å². The smallest absolute Gasteiger partial charge is 0.416 e. The summed E-state index contributed by atoms with van der Waals surface area (Å²) in [7, 11) is 0. The Hall–Kier alpha value is -2.91. The summed E-state index contributed by atoms with van der Waals surface area (Å²) >= 11 is 6.26. The number of benzene rings is 2. The maximum atomic E-state index is 13.5. The molecule has 0 bridgehead atoms. The van der Waals surface area contributed by atoms with E-state index in [2.05, 4.69) is 0 Å². The lowest BCUT2D eigenvalue weighted by Gasteiger charge is -2.14. The Morgan fingerprint density at radius 1 is 1.03 bits per heavy atom. The van der Waals surface area contributed by atoms with Gasteiger partial charge in [0.2, 0.25) is 0 Å². The van der Waals surface area contributed by atoms with E-state index < -0.39 is 23.5 Å². The highest BCUT2D eigenvalue weighted by Crippen LogP contribution is 2.37. The Kier molecular flexibility index (Phi) is 5.25. The Bertz CT molecular complexity index is 1180. The lowest BCUT2D eigenvalue weighted by molar-refractivity contribution is -0.137. The van der Waals surface area contributed by atoms with E-state index in [4.69, 9.17) is 16.6 Å². The molecule has 1 saturated heterocycles. The van der Waals surface area contributed by atoms with Crippen LogP contribution in [0.3, 0.4) is 0 Å². The van der Waals surface area contributed by atoms with Crippen molar-refractivity contribution in [3.05, 3.63) is 82.7 Å². The summed E-state index contributed by atoms with van der Waals surface area (Å²) < 4.78 is 58.1. The first-order chi connectivity index (χ1) is 14.2. The number of alkyl halides is 3. The second kappa shape index (κ2) is 7.73. The molecule has 1 aliphatic heterocycles. The zero-order valence-corrected chi connectivity index (χ0v) is 16.6. The van der Waals surface area contributed by atoms with Crippen LogP contribution >= 0.6 is 24.0 Å². The van der Waals surface area contributed by atoms with Crippen LogP contribution in [0, 0.1) is 5.82 Å². The SMILES string of the molecule is O=C1/C(=C/c2ccc(-c3cccc(C(F)(F)F)c3)o2)SC(=S)N1c1cccc(F)c1. The van der Waals surface area contributed by atoms with Crippen LogP contribution < -0.4 is 4.90 Å². The van der Waals surface area contributed by atoms with Gasteiger partial charge in [-0.1, -0.05) is 42.2 Å². The van der Waals surface area contributed by atoms with Gasteiger partial charge in [0, 0.05) is 11.6 Å². The predicted molar refractivity (Wildman–Crippen MR) is 111 cm³/mol. The molecule has 0 unspecified atom stereocenters. The third kappa shape index (κ3) is 4.03. The summed E-state index contributed by atoms with van der Waals surface area (Å²) in [4.78, 5) is 14.2. The van der Waals surface area contributed by atoms with Crippen LogP contribution in [0.2, 0.25) is 0 Å². The second-order valence-corrected chi connectivity index (χ2v) is 7.95. The molecule has 152 valence electrons. The van der Waals surface area contributed by atoms with Gasteiger partial charge in [0.15, 0.2) is 4.32 Å². The number of hydrogen-bond donors (Lipinski definition) is 0. The molecule has 0 N–H and O–H groups in total. The lowest BCUT2D eigenvalue weighted by atomic mass is 10.1. The Morgan fingerprint density at radius 2 is 1.80 bits per heavy atom. The molecule has 3 nitrogen and oxygen atoms in total. The number of halogens is 4. The summed E-state index contributed by atoms with van der Waals surface area (Å²) in [6, 6.07) is 13.3. The van der Waals surface area contributed by atoms with Gasteiger partial charge in [0.25, 0.3) is 5.91 Å². The summed E-state index contributed by atoms with van der Waals surface area (Å²) in [6.45, 7) is 0. The number of hydrogen-bond acceptors (Lipinski definition) is 4. The van der Waals surface area contributed by atoms with Gasteiger partial charge in [-0.15, -0.1) is 0 Å². The minimum Gasteiger partial charge on any atom is -0.457 e. The van der Waals surface area contributed by atoms with Crippen LogP contribution in [-0.4, -0.2) is 10.2 Å². The van der Waals surface area contributed by atoms with E-state index in [9.17, 15) is 22.4 Å². The van der Waals surface area contributed by atoms with Crippen LogP contribution in [0.25, 0.3) is 17.4 Å². The largest absolute Gasteiger partial charge is 0.457 e. The van der Waals surface area contributed by atoms with Gasteiger partial charge < -0.3 is 4.42 Å². The Balaban J connectivity index is 1.61. The quantitative estimate of drug-likeness (QED) is 0.259. The summed E-state index contributed by atoms with van der Waals surface area (Å²) in [5.41, 5.74) is -0.212. The molecule has 1 aromatic heterocycles. The summed E-state index contributed by atoms with van der Waals surface area (Å²) in [6.07, 6.45) is -3.01. The molecule has 0 atom stereocenters. The van der Waals surface area contributed by atoms with Gasteiger partial charge in [-0.3, -0.25) is 9.69 Å². The Morgan fingerprint density at radius 3 is 2.53 bits per heavy atom. The number of carbonyl (C=O) groups is 1. The number of carbonyl (C=O) groups excluding carboxylic acids is 1. The molecule has 0 saturated carbocycles. The van der Waals surface area contributed by atoms with Crippen molar-refractivity contribution in [2.24, 2.45) is 0 Å². The van der Waals surface area contributed by atoms with Crippen molar-refractivity contribution < 1.29 is 26.8 Å². The Labute approximate surface area is 178 Å². The molecule has 1 amide bonds. The van der Waals surface area contributed by atoms with Crippen molar-refractivity contribution in [1.29, 1.82) is 0 Å². The van der Waals surface area contributed by atoms with E-state index in [0.717, 1.165) is 23.9 Å². The first-order valence-electron chi connectivity index (χ1n) is 8.53. The van der Waals surface area contributed by atoms with Crippen molar-refractivity contribution in [2.75, 3.05) is 4.90 Å². The van der Waals surface area contributed by atoms with Crippen LogP contribution in [0.5, 0.6) is 0 Å². The minimum atomic E-state index is -4.46. The lowest BCUT2D eigenvalue weighted by Crippen LogP contribution is -2.27. The van der Waals surface area contributed by atoms with Crippen molar-refractivity contribution in [3.63, 3.8) is 0 Å². The van der Waals surface area contributed by atoms with E-state index in [1.165, 1.54) is 47.4 Å². The molecular weight excluding hydrogens is 438 g/mol. The van der Waals surface area contributed by atoms with Gasteiger partial charge in [0.1, 0.15) is 17.3 Å². The molecule has 0 spiro atoms. The molecule has 0 aliphatic carbocycles. The van der Waals surface area contributed by atoms with Gasteiger partial charge in [0.05, 0.1) is 16.2 Å². The molecule has 9 heteroatoms. The molecule has 30 heavy (non-hydrogen) atoms. The summed E-state index contributed by atoms with van der Waals surface area (Å²) in [5.74, 6) is -0.426. The average molecular weight is 449 g/mol. The van der Waals surface area contributed by atoms with Crippen molar-refractivity contribution in [1.82, 2.24) is 0 Å². The van der Waals surface area contributed by atoms with Gasteiger partial charge in [-0.2, -0.15) is 13.2 Å². The normalized spacial score (nSPS) is 16.0. The van der Waals surface area contributed by atoms with Crippen LogP contribution in [0.4, 0.5) is 23.2 Å². The highest BCUT2D eigenvalue weighted by Gasteiger charge is 2.34. The maximum absolute atomic E-state index is 13.5. The molecule has 2 heterocycles. The summed E-state index contributed by atoms with van der Waals surface area (Å²) in [5, 5.41) is 0. The number of thiocarbonyl (C=S) groups is 1. The standard InChI is InChI=1S/C21H11F4NO2S2/c22-14-5-2-6-15(10-14)26-19(27)18(30-20(26)29)11-16-7-8-17(28-16)12-3-1-4-13(9-12)21(23,24)25/h1-11H/b18-11-. The van der Waals surface area contributed by atoms with Crippen molar-refractivity contribution >= 4 is 46.0 Å². The van der Waals surface area contributed by atoms with Crippen LogP contribution in [-0.2, 0) is 11.0 Å². The van der Waals surface area contributed by atoms with Gasteiger partial charge >= 0.3 is 6.18 Å². The average Bonchev–Trinajstić information content (AvgIpc) is 3.26. The monoisotopic (exact) mass is 449 g/mol. The first-order valence-corrected chi connectivity index (χ1v) is 9.76. The minimum absolute atomic E-state index is 0.230. The molecule has 1 aliphatic rings. The fourth-order valence-corrected chi connectivity index (χ4v) is 4.15. The maximum Gasteiger partial charge on any atom is 0.416 e. The fraction of sp³-hybridized carbons (Fsp3) is 0.0476. The molecule has 0 radical (unpaired) electrons. The van der Waals surface area contributed by atoms with Crippen LogP contribution in [0.15, 0.2) is 70.0 Å². The third-order valence-corrected chi connectivity index (χ3v) is 5.54. The topological polar surface area (TPSA) is 33.5 Å². The number of anilines is 1. The number of amides is 1. The van der Waals surface area contributed by atoms with Crippen molar-refractivity contribution in [3.8, 4) is 11.3 Å². The molecule has 1 fully saturated rings. The van der Waals surface area contributed by atoms with E-state index in [-0.39, 0.29) is 26.3 Å². The second-order valence-electron chi connectivity index (χ2n) is 6.28. The van der Waals surface area contributed by atoms with Gasteiger partial charge in [-0.05, 0) is 42.5 Å². The third-order valence-electron chi connectivity index (χ3n) is 4.23. The number of furan rings is 1. The van der Waals surface area contributed by atoms with E-state index in [1.807, 2.05) is 0 Å². The number of nitrogens with zero attached hydrogens (tertiary/aromatic N) is 1. The molecule has 2 aromatic carbocycles. The molecule has 3 aromatic rings. The number of rotatable bonds is 3. The zero-order chi connectivity index (χ0) is 21.5. The van der Waals surface area contributed by atoms with Crippen LogP contribution in [0.1, 0.15) is 11.3 Å². The van der Waals surface area contributed by atoms with E-state index in [1.54, 1.807) is 12.1 Å². The first kappa shape index (κ1) is 20.4. The van der Waals surface area contributed by atoms with Gasteiger partial charge in [-0.25, -0.2) is 4.39 Å². The van der Waals surface area contributed by atoms with E-state index >= 15 is 0 Å². The zero-order valence-electron chi connectivity index (χ0n) is 14.9. The predicted octanol–water partition coefficient (Wildman–Crippen LogP) is 6.51. The fourth-order valence-electron chi connectivity index (χ4n) is 2.87. The molecular formula is C21H11F4NO2S2. The highest BCUT2D eigenvalue weighted by atomic mass is 32.2. The number of thioether (sulfide) groups is 1.